The second kappa shape index (κ2) is 6.08. The summed E-state index contributed by atoms with van der Waals surface area (Å²) in [6.45, 7) is 9.14. The predicted octanol–water partition coefficient (Wildman–Crippen LogP) is 2.19. The van der Waals surface area contributed by atoms with E-state index in [2.05, 4.69) is 6.58 Å². The highest BCUT2D eigenvalue weighted by atomic mass is 16.4. The maximum absolute atomic E-state index is 12.2. The van der Waals surface area contributed by atoms with E-state index < -0.39 is 11.4 Å². The fraction of sp³-hybridized carbons (Fsp3) is 0.714. The van der Waals surface area contributed by atoms with E-state index in [1.54, 1.807) is 16.8 Å². The normalized spacial score (nSPS) is 17.9. The van der Waals surface area contributed by atoms with Gasteiger partial charge in [0.15, 0.2) is 0 Å². The van der Waals surface area contributed by atoms with E-state index in [4.69, 9.17) is 0 Å². The number of carboxylic acids is 1. The molecule has 2 amide bonds. The number of nitrogens with zero attached hydrogens (tertiary/aromatic N) is 2. The lowest BCUT2D eigenvalue weighted by molar-refractivity contribution is -0.152. The molecule has 0 spiro atoms. The number of rotatable bonds is 4. The third-order valence-electron chi connectivity index (χ3n) is 3.96. The largest absolute Gasteiger partial charge is 0.481 e. The van der Waals surface area contributed by atoms with Crippen LogP contribution in [0.3, 0.4) is 0 Å². The third kappa shape index (κ3) is 3.49. The Labute approximate surface area is 114 Å². The number of amides is 2. The van der Waals surface area contributed by atoms with Gasteiger partial charge in [0.25, 0.3) is 0 Å². The van der Waals surface area contributed by atoms with Crippen LogP contribution in [-0.4, -0.2) is 53.6 Å². The predicted molar refractivity (Wildman–Crippen MR) is 74.0 cm³/mol. The standard InChI is InChI=1S/C14H24N2O3/c1-5-14(12(17)18)6-8-16(9-7-14)13(19)15(4)10-11(2)3/h2,5-10H2,1,3-4H3,(H,17,18). The van der Waals surface area contributed by atoms with E-state index in [0.717, 1.165) is 5.57 Å². The lowest BCUT2D eigenvalue weighted by Crippen LogP contribution is -2.50. The molecule has 19 heavy (non-hydrogen) atoms. The number of likely N-dealkylation sites (N-methyl/N-ethyl adjacent to an activating group) is 1. The molecular weight excluding hydrogens is 244 g/mol. The first kappa shape index (κ1) is 15.5. The average Bonchev–Trinajstić information content (AvgIpc) is 2.37. The van der Waals surface area contributed by atoms with Crippen LogP contribution in [0.25, 0.3) is 0 Å². The Kier molecular flexibility index (Phi) is 4.97. The lowest BCUT2D eigenvalue weighted by Gasteiger charge is -2.39. The van der Waals surface area contributed by atoms with Gasteiger partial charge in [-0.3, -0.25) is 4.79 Å². The Bertz CT molecular complexity index is 371. The second-order valence-corrected chi connectivity index (χ2v) is 5.52. The van der Waals surface area contributed by atoms with E-state index in [9.17, 15) is 14.7 Å². The molecule has 1 heterocycles. The minimum atomic E-state index is -0.739. The smallest absolute Gasteiger partial charge is 0.320 e. The van der Waals surface area contributed by atoms with Gasteiger partial charge in [0.05, 0.1) is 5.41 Å². The van der Waals surface area contributed by atoms with Crippen LogP contribution in [0.4, 0.5) is 4.79 Å². The number of carbonyl (C=O) groups is 2. The van der Waals surface area contributed by atoms with E-state index in [-0.39, 0.29) is 6.03 Å². The highest BCUT2D eigenvalue weighted by molar-refractivity contribution is 5.77. The molecule has 1 rings (SSSR count). The average molecular weight is 268 g/mol. The van der Waals surface area contributed by atoms with Gasteiger partial charge in [-0.25, -0.2) is 4.79 Å². The SMILES string of the molecule is C=C(C)CN(C)C(=O)N1CCC(CC)(C(=O)O)CC1. The van der Waals surface area contributed by atoms with Gasteiger partial charge in [0.1, 0.15) is 0 Å². The van der Waals surface area contributed by atoms with E-state index >= 15 is 0 Å². The van der Waals surface area contributed by atoms with Crippen molar-refractivity contribution in [2.45, 2.75) is 33.1 Å². The van der Waals surface area contributed by atoms with Gasteiger partial charge in [-0.15, -0.1) is 0 Å². The molecule has 0 aromatic carbocycles. The minimum absolute atomic E-state index is 0.0434. The molecule has 1 aliphatic heterocycles. The number of aliphatic carboxylic acids is 1. The van der Waals surface area contributed by atoms with Crippen LogP contribution in [0, 0.1) is 5.41 Å². The number of hydrogen-bond donors (Lipinski definition) is 1. The van der Waals surface area contributed by atoms with Crippen LogP contribution in [0.15, 0.2) is 12.2 Å². The summed E-state index contributed by atoms with van der Waals surface area (Å²) < 4.78 is 0. The van der Waals surface area contributed by atoms with Crippen LogP contribution < -0.4 is 0 Å². The van der Waals surface area contributed by atoms with Crippen molar-refractivity contribution in [2.24, 2.45) is 5.41 Å². The van der Waals surface area contributed by atoms with Gasteiger partial charge in [0.2, 0.25) is 0 Å². The summed E-state index contributed by atoms with van der Waals surface area (Å²) >= 11 is 0. The quantitative estimate of drug-likeness (QED) is 0.795. The molecule has 1 aliphatic rings. The molecule has 1 saturated heterocycles. The summed E-state index contributed by atoms with van der Waals surface area (Å²) in [7, 11) is 1.75. The van der Waals surface area contributed by atoms with Crippen molar-refractivity contribution < 1.29 is 14.7 Å². The first-order chi connectivity index (χ1) is 8.82. The van der Waals surface area contributed by atoms with Crippen LogP contribution in [0.1, 0.15) is 33.1 Å². The van der Waals surface area contributed by atoms with E-state index in [1.165, 1.54) is 0 Å². The topological polar surface area (TPSA) is 60.9 Å². The number of urea groups is 1. The Morgan fingerprint density at radius 2 is 1.89 bits per heavy atom. The van der Waals surface area contributed by atoms with Gasteiger partial charge in [-0.05, 0) is 26.2 Å². The molecule has 0 aromatic heterocycles. The molecule has 1 fully saturated rings. The minimum Gasteiger partial charge on any atom is -0.481 e. The Morgan fingerprint density at radius 1 is 1.37 bits per heavy atom. The summed E-state index contributed by atoms with van der Waals surface area (Å²) in [6.07, 6.45) is 1.68. The molecule has 0 aliphatic carbocycles. The van der Waals surface area contributed by atoms with Crippen molar-refractivity contribution >= 4 is 12.0 Å². The van der Waals surface area contributed by atoms with Crippen LogP contribution >= 0.6 is 0 Å². The van der Waals surface area contributed by atoms with Crippen molar-refractivity contribution in [1.29, 1.82) is 0 Å². The molecule has 108 valence electrons. The highest BCUT2D eigenvalue weighted by Crippen LogP contribution is 2.35. The Hall–Kier alpha value is -1.52. The van der Waals surface area contributed by atoms with Crippen LogP contribution in [0.5, 0.6) is 0 Å². The monoisotopic (exact) mass is 268 g/mol. The molecule has 0 saturated carbocycles. The molecule has 5 heteroatoms. The van der Waals surface area contributed by atoms with Crippen molar-refractivity contribution in [2.75, 3.05) is 26.7 Å². The summed E-state index contributed by atoms with van der Waals surface area (Å²) in [5.74, 6) is -0.739. The molecule has 0 atom stereocenters. The third-order valence-corrected chi connectivity index (χ3v) is 3.96. The van der Waals surface area contributed by atoms with Gasteiger partial charge in [-0.2, -0.15) is 0 Å². The molecule has 0 unspecified atom stereocenters. The first-order valence-corrected chi connectivity index (χ1v) is 6.70. The summed E-state index contributed by atoms with van der Waals surface area (Å²) in [4.78, 5) is 26.9. The number of carbonyl (C=O) groups excluding carboxylic acids is 1. The van der Waals surface area contributed by atoms with Crippen molar-refractivity contribution in [1.82, 2.24) is 9.80 Å². The summed E-state index contributed by atoms with van der Waals surface area (Å²) in [6, 6.07) is -0.0434. The fourth-order valence-corrected chi connectivity index (χ4v) is 2.56. The zero-order chi connectivity index (χ0) is 14.6. The Morgan fingerprint density at radius 3 is 2.26 bits per heavy atom. The maximum Gasteiger partial charge on any atom is 0.320 e. The number of likely N-dealkylation sites (tertiary alicyclic amines) is 1. The van der Waals surface area contributed by atoms with Gasteiger partial charge >= 0.3 is 12.0 Å². The molecule has 1 N–H and O–H groups in total. The molecule has 0 bridgehead atoms. The van der Waals surface area contributed by atoms with E-state index in [1.807, 2.05) is 13.8 Å². The van der Waals surface area contributed by atoms with Crippen LogP contribution in [-0.2, 0) is 4.79 Å². The van der Waals surface area contributed by atoms with E-state index in [0.29, 0.717) is 38.9 Å². The Balaban J connectivity index is 2.60. The molecule has 5 nitrogen and oxygen atoms in total. The van der Waals surface area contributed by atoms with Crippen molar-refractivity contribution in [3.8, 4) is 0 Å². The van der Waals surface area contributed by atoms with Gasteiger partial charge in [0, 0.05) is 26.7 Å². The number of carboxylic acid groups (broad SMARTS) is 1. The zero-order valence-corrected chi connectivity index (χ0v) is 12.1. The van der Waals surface area contributed by atoms with Crippen molar-refractivity contribution in [3.63, 3.8) is 0 Å². The van der Waals surface area contributed by atoms with Crippen LogP contribution in [0.2, 0.25) is 0 Å². The van der Waals surface area contributed by atoms with Gasteiger partial charge in [-0.1, -0.05) is 19.1 Å². The second-order valence-electron chi connectivity index (χ2n) is 5.52. The number of hydrogen-bond acceptors (Lipinski definition) is 2. The molecular formula is C14H24N2O3. The maximum atomic E-state index is 12.2. The summed E-state index contributed by atoms with van der Waals surface area (Å²) in [5, 5.41) is 9.32. The lowest BCUT2D eigenvalue weighted by atomic mass is 9.76. The summed E-state index contributed by atoms with van der Waals surface area (Å²) in [5.41, 5.74) is 0.283. The number of piperidine rings is 1. The first-order valence-electron chi connectivity index (χ1n) is 6.70. The highest BCUT2D eigenvalue weighted by Gasteiger charge is 2.41. The van der Waals surface area contributed by atoms with Gasteiger partial charge < -0.3 is 14.9 Å². The zero-order valence-electron chi connectivity index (χ0n) is 12.1. The molecule has 0 radical (unpaired) electrons. The fourth-order valence-electron chi connectivity index (χ4n) is 2.56. The molecule has 0 aromatic rings. The van der Waals surface area contributed by atoms with Crippen molar-refractivity contribution in [3.05, 3.63) is 12.2 Å².